The Morgan fingerprint density at radius 3 is 2.75 bits per heavy atom. The molecule has 5 nitrogen and oxygen atoms in total. The quantitative estimate of drug-likeness (QED) is 0.738. The maximum atomic E-state index is 11.8. The fourth-order valence-electron chi connectivity index (χ4n) is 2.58. The molecular weight excluding hydrogens is 370 g/mol. The smallest absolute Gasteiger partial charge is 0.306 e. The lowest BCUT2D eigenvalue weighted by atomic mass is 10.1. The van der Waals surface area contributed by atoms with Gasteiger partial charge in [0.2, 0.25) is 0 Å². The summed E-state index contributed by atoms with van der Waals surface area (Å²) in [5, 5.41) is 3.34. The summed E-state index contributed by atoms with van der Waals surface area (Å²) < 4.78 is 28.0. The average Bonchev–Trinajstić information content (AvgIpc) is 3.12. The van der Waals surface area contributed by atoms with Crippen LogP contribution in [0.4, 0.5) is 0 Å². The zero-order valence-electron chi connectivity index (χ0n) is 12.8. The fraction of sp³-hybridized carbons (Fsp3) is 0.375. The second-order valence-corrected chi connectivity index (χ2v) is 9.31. The molecule has 24 heavy (non-hydrogen) atoms. The van der Waals surface area contributed by atoms with E-state index in [2.05, 4.69) is 4.98 Å². The fourth-order valence-corrected chi connectivity index (χ4v) is 5.38. The van der Waals surface area contributed by atoms with Crippen LogP contribution in [0.25, 0.3) is 10.6 Å². The molecule has 2 aromatic rings. The second-order valence-electron chi connectivity index (χ2n) is 5.78. The van der Waals surface area contributed by atoms with Crippen molar-refractivity contribution in [3.8, 4) is 10.6 Å². The van der Waals surface area contributed by atoms with Gasteiger partial charge in [-0.25, -0.2) is 13.4 Å². The topological polar surface area (TPSA) is 73.3 Å². The molecule has 1 fully saturated rings. The van der Waals surface area contributed by atoms with E-state index < -0.39 is 9.84 Å². The van der Waals surface area contributed by atoms with Gasteiger partial charge in [-0.3, -0.25) is 4.79 Å². The van der Waals surface area contributed by atoms with Gasteiger partial charge in [0.15, 0.2) is 9.84 Å². The molecule has 1 aliphatic rings. The Morgan fingerprint density at radius 1 is 1.33 bits per heavy atom. The molecule has 0 amide bonds. The van der Waals surface area contributed by atoms with Crippen molar-refractivity contribution in [2.45, 2.75) is 19.4 Å². The van der Waals surface area contributed by atoms with Gasteiger partial charge in [-0.1, -0.05) is 23.7 Å². The highest BCUT2D eigenvalue weighted by atomic mass is 35.5. The molecule has 1 saturated heterocycles. The lowest BCUT2D eigenvalue weighted by Crippen LogP contribution is -2.13. The second kappa shape index (κ2) is 7.21. The van der Waals surface area contributed by atoms with E-state index >= 15 is 0 Å². The van der Waals surface area contributed by atoms with Gasteiger partial charge in [0.05, 0.1) is 17.2 Å². The number of esters is 1. The number of aromatic nitrogens is 1. The van der Waals surface area contributed by atoms with Crippen molar-refractivity contribution in [2.75, 3.05) is 11.5 Å². The molecule has 0 N–H and O–H groups in total. The van der Waals surface area contributed by atoms with Crippen LogP contribution < -0.4 is 0 Å². The predicted molar refractivity (Wildman–Crippen MR) is 93.7 cm³/mol. The van der Waals surface area contributed by atoms with E-state index in [-0.39, 0.29) is 36.4 Å². The number of sulfone groups is 1. The van der Waals surface area contributed by atoms with Crippen LogP contribution in [-0.2, 0) is 26.0 Å². The van der Waals surface area contributed by atoms with Crippen molar-refractivity contribution >= 4 is 38.7 Å². The van der Waals surface area contributed by atoms with E-state index in [1.807, 2.05) is 17.5 Å². The third-order valence-corrected chi connectivity index (χ3v) is 6.84. The number of hydrogen-bond donors (Lipinski definition) is 0. The first-order chi connectivity index (χ1) is 11.4. The SMILES string of the molecule is O=C(C[C@H]1CCS(=O)(=O)C1)OCc1csc(-c2ccc(Cl)cc2)n1. The van der Waals surface area contributed by atoms with Gasteiger partial charge in [-0.15, -0.1) is 11.3 Å². The number of rotatable bonds is 5. The van der Waals surface area contributed by atoms with E-state index in [0.717, 1.165) is 10.6 Å². The highest BCUT2D eigenvalue weighted by molar-refractivity contribution is 7.91. The van der Waals surface area contributed by atoms with Crippen LogP contribution in [0.5, 0.6) is 0 Å². The maximum Gasteiger partial charge on any atom is 0.306 e. The average molecular weight is 386 g/mol. The van der Waals surface area contributed by atoms with Crippen molar-refractivity contribution in [1.82, 2.24) is 4.98 Å². The maximum absolute atomic E-state index is 11.8. The zero-order chi connectivity index (χ0) is 17.2. The van der Waals surface area contributed by atoms with Crippen LogP contribution in [0.15, 0.2) is 29.6 Å². The molecule has 0 unspecified atom stereocenters. The summed E-state index contributed by atoms with van der Waals surface area (Å²) in [5.74, 6) is -0.248. The number of benzene rings is 1. The van der Waals surface area contributed by atoms with Gasteiger partial charge < -0.3 is 4.74 Å². The Labute approximate surface area is 149 Å². The summed E-state index contributed by atoms with van der Waals surface area (Å²) in [5.41, 5.74) is 1.63. The van der Waals surface area contributed by atoms with Crippen molar-refractivity contribution in [2.24, 2.45) is 5.92 Å². The highest BCUT2D eigenvalue weighted by Crippen LogP contribution is 2.26. The molecule has 1 aromatic heterocycles. The molecular formula is C16H16ClNO4S2. The molecule has 1 aromatic carbocycles. The molecule has 0 spiro atoms. The summed E-state index contributed by atoms with van der Waals surface area (Å²) in [6.45, 7) is 0.0996. The minimum atomic E-state index is -2.97. The van der Waals surface area contributed by atoms with Crippen LogP contribution in [0.1, 0.15) is 18.5 Å². The van der Waals surface area contributed by atoms with Crippen molar-refractivity contribution in [1.29, 1.82) is 0 Å². The summed E-state index contributed by atoms with van der Waals surface area (Å²) in [6, 6.07) is 7.37. The lowest BCUT2D eigenvalue weighted by Gasteiger charge is -2.07. The number of thiazole rings is 1. The Kier molecular flexibility index (Phi) is 5.22. The van der Waals surface area contributed by atoms with E-state index in [1.54, 1.807) is 12.1 Å². The molecule has 3 rings (SSSR count). The van der Waals surface area contributed by atoms with Gasteiger partial charge in [0, 0.05) is 22.4 Å². The van der Waals surface area contributed by atoms with Crippen molar-refractivity contribution in [3.63, 3.8) is 0 Å². The summed E-state index contributed by atoms with van der Waals surface area (Å²) >= 11 is 7.33. The van der Waals surface area contributed by atoms with Crippen LogP contribution >= 0.6 is 22.9 Å². The highest BCUT2D eigenvalue weighted by Gasteiger charge is 2.29. The zero-order valence-corrected chi connectivity index (χ0v) is 15.2. The minimum absolute atomic E-state index is 0.0829. The van der Waals surface area contributed by atoms with Crippen LogP contribution in [0, 0.1) is 5.92 Å². The van der Waals surface area contributed by atoms with Crippen LogP contribution in [0.2, 0.25) is 5.02 Å². The Balaban J connectivity index is 1.52. The summed E-state index contributed by atoms with van der Waals surface area (Å²) in [4.78, 5) is 16.3. The number of nitrogens with zero attached hydrogens (tertiary/aromatic N) is 1. The first-order valence-corrected chi connectivity index (χ1v) is 10.6. The van der Waals surface area contributed by atoms with Gasteiger partial charge in [-0.2, -0.15) is 0 Å². The van der Waals surface area contributed by atoms with Crippen LogP contribution in [-0.4, -0.2) is 30.9 Å². The number of ether oxygens (including phenoxy) is 1. The molecule has 128 valence electrons. The first-order valence-electron chi connectivity index (χ1n) is 7.48. The summed E-state index contributed by atoms with van der Waals surface area (Å²) in [7, 11) is -2.97. The number of halogens is 1. The first kappa shape index (κ1) is 17.4. The Bertz CT molecular complexity index is 830. The molecule has 1 atom stereocenters. The molecule has 2 heterocycles. The van der Waals surface area contributed by atoms with Crippen molar-refractivity contribution in [3.05, 3.63) is 40.4 Å². The number of carbonyl (C=O) groups is 1. The van der Waals surface area contributed by atoms with Gasteiger partial charge in [-0.05, 0) is 24.5 Å². The van der Waals surface area contributed by atoms with Gasteiger partial charge in [0.1, 0.15) is 11.6 Å². The van der Waals surface area contributed by atoms with E-state index in [4.69, 9.17) is 16.3 Å². The molecule has 0 radical (unpaired) electrons. The monoisotopic (exact) mass is 385 g/mol. The standard InChI is InChI=1S/C16H16ClNO4S2/c17-13-3-1-12(2-4-13)16-18-14(9-23-16)8-22-15(19)7-11-5-6-24(20,21)10-11/h1-4,9,11H,5-8,10H2/t11-/m1/s1. The largest absolute Gasteiger partial charge is 0.459 e. The van der Waals surface area contributed by atoms with Crippen molar-refractivity contribution < 1.29 is 17.9 Å². The van der Waals surface area contributed by atoms with Gasteiger partial charge >= 0.3 is 5.97 Å². The molecule has 0 saturated carbocycles. The minimum Gasteiger partial charge on any atom is -0.459 e. The van der Waals surface area contributed by atoms with Gasteiger partial charge in [0.25, 0.3) is 0 Å². The lowest BCUT2D eigenvalue weighted by molar-refractivity contribution is -0.146. The third-order valence-electron chi connectivity index (χ3n) is 3.81. The number of hydrogen-bond acceptors (Lipinski definition) is 6. The predicted octanol–water partition coefficient (Wildman–Crippen LogP) is 3.33. The Hall–Kier alpha value is -1.44. The van der Waals surface area contributed by atoms with Crippen LogP contribution in [0.3, 0.4) is 0 Å². The van der Waals surface area contributed by atoms with E-state index in [0.29, 0.717) is 17.1 Å². The Morgan fingerprint density at radius 2 is 2.08 bits per heavy atom. The third kappa shape index (κ3) is 4.55. The molecule has 8 heteroatoms. The molecule has 1 aliphatic heterocycles. The summed E-state index contributed by atoms with van der Waals surface area (Å²) in [6.07, 6.45) is 0.683. The number of carbonyl (C=O) groups excluding carboxylic acids is 1. The molecule has 0 bridgehead atoms. The van der Waals surface area contributed by atoms with E-state index in [1.165, 1.54) is 11.3 Å². The molecule has 0 aliphatic carbocycles. The normalized spacial score (nSPS) is 19.3. The van der Waals surface area contributed by atoms with E-state index in [9.17, 15) is 13.2 Å².